The van der Waals surface area contributed by atoms with E-state index >= 15 is 0 Å². The number of rotatable bonds is 5. The molecule has 1 N–H and O–H groups in total. The Morgan fingerprint density at radius 1 is 1.09 bits per heavy atom. The molecule has 166 valence electrons. The highest BCUT2D eigenvalue weighted by Crippen LogP contribution is 2.35. The number of amides is 3. The number of hydrogen-bond acceptors (Lipinski definition) is 5. The zero-order chi connectivity index (χ0) is 22.8. The number of halogens is 1. The molecule has 0 bridgehead atoms. The fraction of sp³-hybridized carbons (Fsp3) is 0.292. The van der Waals surface area contributed by atoms with Crippen LogP contribution in [0, 0.1) is 0 Å². The van der Waals surface area contributed by atoms with E-state index in [4.69, 9.17) is 16.3 Å². The number of imide groups is 1. The third-order valence-corrected chi connectivity index (χ3v) is 6.15. The van der Waals surface area contributed by atoms with Gasteiger partial charge in [0.2, 0.25) is 0 Å². The molecule has 2 aliphatic heterocycles. The summed E-state index contributed by atoms with van der Waals surface area (Å²) in [7, 11) is 1.46. The normalized spacial score (nSPS) is 18.9. The Labute approximate surface area is 191 Å². The Morgan fingerprint density at radius 3 is 2.62 bits per heavy atom. The van der Waals surface area contributed by atoms with E-state index in [-0.39, 0.29) is 22.7 Å². The topological polar surface area (TPSA) is 79.0 Å². The van der Waals surface area contributed by atoms with Crippen molar-refractivity contribution in [2.75, 3.05) is 23.9 Å². The Morgan fingerprint density at radius 2 is 1.88 bits per heavy atom. The summed E-state index contributed by atoms with van der Waals surface area (Å²) in [6.45, 7) is 2.79. The van der Waals surface area contributed by atoms with Crippen LogP contribution in [-0.4, -0.2) is 42.3 Å². The third kappa shape index (κ3) is 3.96. The fourth-order valence-corrected chi connectivity index (χ4v) is 4.30. The van der Waals surface area contributed by atoms with Gasteiger partial charge in [0, 0.05) is 23.8 Å². The number of anilines is 2. The smallest absolute Gasteiger partial charge is 0.283 e. The van der Waals surface area contributed by atoms with Crippen LogP contribution < -0.4 is 15.0 Å². The van der Waals surface area contributed by atoms with Gasteiger partial charge in [-0.1, -0.05) is 29.8 Å². The summed E-state index contributed by atoms with van der Waals surface area (Å²) in [4.78, 5) is 41.7. The second-order valence-corrected chi connectivity index (χ2v) is 8.23. The monoisotopic (exact) mass is 453 g/mol. The first-order valence-electron chi connectivity index (χ1n) is 10.5. The molecule has 32 heavy (non-hydrogen) atoms. The summed E-state index contributed by atoms with van der Waals surface area (Å²) in [6, 6.07) is 13.8. The van der Waals surface area contributed by atoms with Crippen molar-refractivity contribution in [2.45, 2.75) is 32.2 Å². The maximum Gasteiger partial charge on any atom is 0.283 e. The van der Waals surface area contributed by atoms with Gasteiger partial charge in [0.25, 0.3) is 17.7 Å². The van der Waals surface area contributed by atoms with Crippen LogP contribution in [0.15, 0.2) is 59.3 Å². The van der Waals surface area contributed by atoms with Crippen molar-refractivity contribution in [3.63, 3.8) is 0 Å². The first-order valence-corrected chi connectivity index (χ1v) is 10.9. The van der Waals surface area contributed by atoms with Crippen LogP contribution in [0.25, 0.3) is 0 Å². The highest BCUT2D eigenvalue weighted by molar-refractivity contribution is 6.53. The minimum Gasteiger partial charge on any atom is -0.495 e. The first kappa shape index (κ1) is 21.9. The first-order chi connectivity index (χ1) is 15.4. The quantitative estimate of drug-likeness (QED) is 0.688. The number of ether oxygens (including phenoxy) is 1. The largest absolute Gasteiger partial charge is 0.495 e. The molecule has 0 spiro atoms. The number of carbonyl (C=O) groups excluding carboxylic acids is 3. The second kappa shape index (κ2) is 9.04. The highest BCUT2D eigenvalue weighted by atomic mass is 35.5. The lowest BCUT2D eigenvalue weighted by atomic mass is 10.0. The molecule has 2 aromatic carbocycles. The van der Waals surface area contributed by atoms with Crippen molar-refractivity contribution in [1.82, 2.24) is 4.90 Å². The molecular formula is C24H24ClN3O4. The van der Waals surface area contributed by atoms with Gasteiger partial charge in [0.15, 0.2) is 0 Å². The predicted molar refractivity (Wildman–Crippen MR) is 123 cm³/mol. The molecule has 3 amide bonds. The van der Waals surface area contributed by atoms with E-state index in [1.165, 1.54) is 7.11 Å². The minimum absolute atomic E-state index is 0.0430. The van der Waals surface area contributed by atoms with Gasteiger partial charge >= 0.3 is 0 Å². The molecule has 1 saturated heterocycles. The molecule has 1 atom stereocenters. The van der Waals surface area contributed by atoms with Gasteiger partial charge in [0.1, 0.15) is 16.5 Å². The van der Waals surface area contributed by atoms with Crippen LogP contribution in [0.3, 0.4) is 0 Å². The number of methoxy groups -OCH3 is 1. The summed E-state index contributed by atoms with van der Waals surface area (Å²) in [5.41, 5.74) is 1.27. The summed E-state index contributed by atoms with van der Waals surface area (Å²) in [5.74, 6) is -0.905. The van der Waals surface area contributed by atoms with Gasteiger partial charge in [-0.2, -0.15) is 0 Å². The van der Waals surface area contributed by atoms with E-state index < -0.39 is 11.8 Å². The highest BCUT2D eigenvalue weighted by Gasteiger charge is 2.40. The fourth-order valence-electron chi connectivity index (χ4n) is 4.08. The molecule has 2 aromatic rings. The molecule has 2 heterocycles. The molecule has 0 radical (unpaired) electrons. The number of para-hydroxylation sites is 2. The number of likely N-dealkylation sites (tertiary alicyclic amines) is 1. The standard InChI is InChI=1S/C24H24ClN3O4/c1-15-8-5-6-13-27(15)22(29)16-9-7-10-17(14-16)26-21-20(25)23(30)28(24(21)31)18-11-3-4-12-19(18)32-2/h3-4,7,9-12,14-15,26H,5-6,8,13H2,1-2H3. The van der Waals surface area contributed by atoms with Gasteiger partial charge < -0.3 is 15.0 Å². The Bertz CT molecular complexity index is 1110. The number of piperidine rings is 1. The minimum atomic E-state index is -0.641. The molecule has 0 aliphatic carbocycles. The predicted octanol–water partition coefficient (Wildman–Crippen LogP) is 4.15. The van der Waals surface area contributed by atoms with Crippen molar-refractivity contribution in [2.24, 2.45) is 0 Å². The lowest BCUT2D eigenvalue weighted by Crippen LogP contribution is -2.42. The summed E-state index contributed by atoms with van der Waals surface area (Å²) in [5, 5.41) is 2.72. The molecule has 0 aromatic heterocycles. The number of nitrogens with one attached hydrogen (secondary N) is 1. The van der Waals surface area contributed by atoms with E-state index in [0.717, 1.165) is 30.7 Å². The average molecular weight is 454 g/mol. The molecule has 8 heteroatoms. The lowest BCUT2D eigenvalue weighted by molar-refractivity contribution is -0.120. The van der Waals surface area contributed by atoms with Crippen molar-refractivity contribution in [1.29, 1.82) is 0 Å². The average Bonchev–Trinajstić information content (AvgIpc) is 3.02. The van der Waals surface area contributed by atoms with E-state index in [0.29, 0.717) is 22.7 Å². The van der Waals surface area contributed by atoms with Crippen LogP contribution >= 0.6 is 11.6 Å². The molecule has 0 saturated carbocycles. The molecule has 2 aliphatic rings. The van der Waals surface area contributed by atoms with Crippen LogP contribution in [0.5, 0.6) is 5.75 Å². The molecule has 1 fully saturated rings. The zero-order valence-corrected chi connectivity index (χ0v) is 18.7. The van der Waals surface area contributed by atoms with Crippen LogP contribution in [0.2, 0.25) is 0 Å². The van der Waals surface area contributed by atoms with Gasteiger partial charge in [0.05, 0.1) is 12.8 Å². The van der Waals surface area contributed by atoms with Crippen LogP contribution in [0.4, 0.5) is 11.4 Å². The van der Waals surface area contributed by atoms with E-state index in [9.17, 15) is 14.4 Å². The van der Waals surface area contributed by atoms with Crippen LogP contribution in [0.1, 0.15) is 36.5 Å². The lowest BCUT2D eigenvalue weighted by Gasteiger charge is -2.33. The molecule has 7 nitrogen and oxygen atoms in total. The number of carbonyl (C=O) groups is 3. The number of nitrogens with zero attached hydrogens (tertiary/aromatic N) is 2. The zero-order valence-electron chi connectivity index (χ0n) is 17.9. The van der Waals surface area contributed by atoms with Gasteiger partial charge in [-0.15, -0.1) is 0 Å². The maximum atomic E-state index is 13.1. The number of hydrogen-bond donors (Lipinski definition) is 1. The SMILES string of the molecule is COc1ccccc1N1C(=O)C(Cl)=C(Nc2cccc(C(=O)N3CCCCC3C)c2)C1=O. The van der Waals surface area contributed by atoms with Gasteiger partial charge in [-0.25, -0.2) is 4.90 Å². The van der Waals surface area contributed by atoms with E-state index in [1.54, 1.807) is 48.5 Å². The van der Waals surface area contributed by atoms with Crippen molar-refractivity contribution < 1.29 is 19.1 Å². The van der Waals surface area contributed by atoms with Gasteiger partial charge in [-0.3, -0.25) is 14.4 Å². The Kier molecular flexibility index (Phi) is 6.19. The second-order valence-electron chi connectivity index (χ2n) is 7.86. The van der Waals surface area contributed by atoms with Crippen molar-refractivity contribution in [3.05, 3.63) is 64.8 Å². The molecule has 4 rings (SSSR count). The molecular weight excluding hydrogens is 430 g/mol. The van der Waals surface area contributed by atoms with E-state index in [2.05, 4.69) is 12.2 Å². The van der Waals surface area contributed by atoms with Crippen molar-refractivity contribution in [3.8, 4) is 5.75 Å². The summed E-state index contributed by atoms with van der Waals surface area (Å²) >= 11 is 6.25. The van der Waals surface area contributed by atoms with Gasteiger partial charge in [-0.05, 0) is 56.5 Å². The summed E-state index contributed by atoms with van der Waals surface area (Å²) in [6.07, 6.45) is 3.10. The third-order valence-electron chi connectivity index (χ3n) is 5.80. The Hall–Kier alpha value is -3.32. The summed E-state index contributed by atoms with van der Waals surface area (Å²) < 4.78 is 5.28. The number of benzene rings is 2. The van der Waals surface area contributed by atoms with Crippen molar-refractivity contribution >= 4 is 40.7 Å². The Balaban J connectivity index is 1.58. The van der Waals surface area contributed by atoms with Crippen LogP contribution in [-0.2, 0) is 9.59 Å². The molecule has 1 unspecified atom stereocenters. The maximum absolute atomic E-state index is 13.1. The van der Waals surface area contributed by atoms with E-state index in [1.807, 2.05) is 4.90 Å².